The van der Waals surface area contributed by atoms with Crippen LogP contribution < -0.4 is 5.73 Å². The third-order valence-corrected chi connectivity index (χ3v) is 5.17. The lowest BCUT2D eigenvalue weighted by molar-refractivity contribution is -0.0649. The Labute approximate surface area is 112 Å². The molecule has 0 radical (unpaired) electrons. The first-order chi connectivity index (χ1) is 8.57. The number of nitrogens with two attached hydrogens (primary N) is 1. The highest BCUT2D eigenvalue weighted by Gasteiger charge is 2.47. The van der Waals surface area contributed by atoms with Crippen molar-refractivity contribution < 1.29 is 4.74 Å². The molecule has 0 aromatic heterocycles. The van der Waals surface area contributed by atoms with E-state index in [4.69, 9.17) is 10.5 Å². The van der Waals surface area contributed by atoms with Crippen molar-refractivity contribution in [2.24, 2.45) is 17.6 Å². The zero-order chi connectivity index (χ0) is 13.2. The molecule has 1 unspecified atom stereocenters. The zero-order valence-electron chi connectivity index (χ0n) is 12.3. The van der Waals surface area contributed by atoms with Crippen LogP contribution in [-0.4, -0.2) is 43.3 Å². The normalized spacial score (nSPS) is 37.0. The van der Waals surface area contributed by atoms with E-state index in [9.17, 15) is 0 Å². The van der Waals surface area contributed by atoms with Gasteiger partial charge in [0.25, 0.3) is 0 Å². The van der Waals surface area contributed by atoms with Crippen LogP contribution in [0.2, 0.25) is 0 Å². The topological polar surface area (TPSA) is 38.5 Å². The second-order valence-electron chi connectivity index (χ2n) is 6.71. The predicted molar refractivity (Wildman–Crippen MR) is 75.6 cm³/mol. The van der Waals surface area contributed by atoms with Gasteiger partial charge in [0.15, 0.2) is 0 Å². The lowest BCUT2D eigenvalue weighted by Crippen LogP contribution is -2.62. The maximum absolute atomic E-state index is 6.05. The summed E-state index contributed by atoms with van der Waals surface area (Å²) in [5.41, 5.74) is 6.31. The summed E-state index contributed by atoms with van der Waals surface area (Å²) in [6.07, 6.45) is 6.75. The molecule has 3 heteroatoms. The molecule has 0 aromatic carbocycles. The molecule has 1 saturated carbocycles. The number of hydrogen-bond acceptors (Lipinski definition) is 3. The van der Waals surface area contributed by atoms with Gasteiger partial charge in [-0.25, -0.2) is 0 Å². The molecule has 0 aromatic rings. The van der Waals surface area contributed by atoms with Gasteiger partial charge in [0.05, 0.1) is 6.10 Å². The molecule has 1 aliphatic heterocycles. The van der Waals surface area contributed by atoms with E-state index in [1.165, 1.54) is 32.1 Å². The van der Waals surface area contributed by atoms with E-state index in [-0.39, 0.29) is 5.54 Å². The molecule has 2 N–H and O–H groups in total. The predicted octanol–water partition coefficient (Wildman–Crippen LogP) is 2.25. The zero-order valence-corrected chi connectivity index (χ0v) is 12.3. The highest BCUT2D eigenvalue weighted by Crippen LogP contribution is 2.45. The Morgan fingerprint density at radius 1 is 1.33 bits per heavy atom. The Morgan fingerprint density at radius 3 is 2.56 bits per heavy atom. The minimum Gasteiger partial charge on any atom is -0.377 e. The van der Waals surface area contributed by atoms with Crippen LogP contribution in [0.1, 0.15) is 46.0 Å². The summed E-state index contributed by atoms with van der Waals surface area (Å²) in [5, 5.41) is 0. The Hall–Kier alpha value is -0.120. The lowest BCUT2D eigenvalue weighted by Gasteiger charge is -2.55. The van der Waals surface area contributed by atoms with Gasteiger partial charge in [0.1, 0.15) is 0 Å². The fourth-order valence-electron chi connectivity index (χ4n) is 3.47. The van der Waals surface area contributed by atoms with Gasteiger partial charge in [-0.1, -0.05) is 13.8 Å². The van der Waals surface area contributed by atoms with Gasteiger partial charge in [0, 0.05) is 25.2 Å². The van der Waals surface area contributed by atoms with E-state index in [1.807, 2.05) is 0 Å². The molecule has 0 spiro atoms. The summed E-state index contributed by atoms with van der Waals surface area (Å²) in [6, 6.07) is 0. The molecule has 2 rings (SSSR count). The van der Waals surface area contributed by atoms with Gasteiger partial charge < -0.3 is 10.5 Å². The molecule has 18 heavy (non-hydrogen) atoms. The summed E-state index contributed by atoms with van der Waals surface area (Å²) in [5.74, 6) is 1.66. The molecule has 2 fully saturated rings. The fourth-order valence-corrected chi connectivity index (χ4v) is 3.47. The average molecular weight is 254 g/mol. The van der Waals surface area contributed by atoms with Crippen molar-refractivity contribution in [1.82, 2.24) is 4.90 Å². The van der Waals surface area contributed by atoms with Crippen LogP contribution in [-0.2, 0) is 4.74 Å². The first kappa shape index (κ1) is 14.3. The van der Waals surface area contributed by atoms with E-state index in [1.54, 1.807) is 0 Å². The van der Waals surface area contributed by atoms with Crippen LogP contribution in [0.5, 0.6) is 0 Å². The van der Waals surface area contributed by atoms with E-state index < -0.39 is 0 Å². The molecule has 3 nitrogen and oxygen atoms in total. The minimum absolute atomic E-state index is 0.260. The van der Waals surface area contributed by atoms with Gasteiger partial charge in [0.2, 0.25) is 0 Å². The third kappa shape index (κ3) is 2.89. The molecule has 0 amide bonds. The summed E-state index contributed by atoms with van der Waals surface area (Å²) in [4.78, 5) is 2.49. The highest BCUT2D eigenvalue weighted by atomic mass is 16.5. The van der Waals surface area contributed by atoms with Crippen LogP contribution in [0.3, 0.4) is 0 Å². The SMILES string of the molecule is CC(C)C1CC(CN)(N(C)CC2CCCCO2)C1. The Bertz CT molecular complexity index is 255. The number of hydrogen-bond donors (Lipinski definition) is 1. The molecular weight excluding hydrogens is 224 g/mol. The Balaban J connectivity index is 1.84. The van der Waals surface area contributed by atoms with Gasteiger partial charge in [-0.05, 0) is 51.0 Å². The van der Waals surface area contributed by atoms with Crippen molar-refractivity contribution in [2.45, 2.75) is 57.6 Å². The van der Waals surface area contributed by atoms with Crippen molar-refractivity contribution in [3.8, 4) is 0 Å². The van der Waals surface area contributed by atoms with Gasteiger partial charge in [-0.3, -0.25) is 4.90 Å². The van der Waals surface area contributed by atoms with E-state index in [0.717, 1.165) is 31.5 Å². The molecular formula is C15H30N2O. The second kappa shape index (κ2) is 5.89. The van der Waals surface area contributed by atoms with Crippen molar-refractivity contribution >= 4 is 0 Å². The van der Waals surface area contributed by atoms with E-state index in [2.05, 4.69) is 25.8 Å². The quantitative estimate of drug-likeness (QED) is 0.818. The van der Waals surface area contributed by atoms with E-state index >= 15 is 0 Å². The lowest BCUT2D eigenvalue weighted by atomic mass is 9.63. The maximum atomic E-state index is 6.05. The molecule has 1 atom stereocenters. The average Bonchev–Trinajstić information content (AvgIpc) is 2.29. The minimum atomic E-state index is 0.260. The number of nitrogens with zero attached hydrogens (tertiary/aromatic N) is 1. The smallest absolute Gasteiger partial charge is 0.0702 e. The van der Waals surface area contributed by atoms with Gasteiger partial charge in [-0.15, -0.1) is 0 Å². The number of ether oxygens (including phenoxy) is 1. The largest absolute Gasteiger partial charge is 0.377 e. The van der Waals surface area contributed by atoms with Crippen molar-refractivity contribution in [3.63, 3.8) is 0 Å². The van der Waals surface area contributed by atoms with Gasteiger partial charge >= 0.3 is 0 Å². The summed E-state index contributed by atoms with van der Waals surface area (Å²) >= 11 is 0. The van der Waals surface area contributed by atoms with Crippen molar-refractivity contribution in [1.29, 1.82) is 0 Å². The third-order valence-electron chi connectivity index (χ3n) is 5.17. The summed E-state index contributed by atoms with van der Waals surface area (Å²) in [7, 11) is 2.24. The first-order valence-corrected chi connectivity index (χ1v) is 7.60. The molecule has 2 aliphatic rings. The standard InChI is InChI=1S/C15H30N2O/c1-12(2)13-8-15(9-13,11-16)17(3)10-14-6-4-5-7-18-14/h12-14H,4-11,16H2,1-3H3. The Morgan fingerprint density at radius 2 is 2.06 bits per heavy atom. The first-order valence-electron chi connectivity index (χ1n) is 7.60. The van der Waals surface area contributed by atoms with Crippen LogP contribution in [0.15, 0.2) is 0 Å². The monoisotopic (exact) mass is 254 g/mol. The van der Waals surface area contributed by atoms with Crippen LogP contribution in [0.25, 0.3) is 0 Å². The fraction of sp³-hybridized carbons (Fsp3) is 1.00. The molecule has 0 bridgehead atoms. The molecule has 1 aliphatic carbocycles. The van der Waals surface area contributed by atoms with Crippen molar-refractivity contribution in [2.75, 3.05) is 26.7 Å². The maximum Gasteiger partial charge on any atom is 0.0702 e. The molecule has 1 saturated heterocycles. The number of likely N-dealkylation sites (N-methyl/N-ethyl adjacent to an activating group) is 1. The number of rotatable bonds is 5. The second-order valence-corrected chi connectivity index (χ2v) is 6.71. The van der Waals surface area contributed by atoms with Crippen LogP contribution >= 0.6 is 0 Å². The van der Waals surface area contributed by atoms with E-state index in [0.29, 0.717) is 6.10 Å². The molecule has 106 valence electrons. The highest BCUT2D eigenvalue weighted by molar-refractivity contribution is 5.03. The van der Waals surface area contributed by atoms with Crippen molar-refractivity contribution in [3.05, 3.63) is 0 Å². The Kier molecular flexibility index (Phi) is 4.68. The summed E-state index contributed by atoms with van der Waals surface area (Å²) in [6.45, 7) is 7.45. The van der Waals surface area contributed by atoms with Crippen LogP contribution in [0, 0.1) is 11.8 Å². The van der Waals surface area contributed by atoms with Crippen LogP contribution in [0.4, 0.5) is 0 Å². The summed E-state index contributed by atoms with van der Waals surface area (Å²) < 4.78 is 5.85. The molecule has 1 heterocycles. The van der Waals surface area contributed by atoms with Gasteiger partial charge in [-0.2, -0.15) is 0 Å².